The van der Waals surface area contributed by atoms with Gasteiger partial charge in [-0.05, 0) is 42.3 Å². The van der Waals surface area contributed by atoms with Crippen LogP contribution in [0.3, 0.4) is 0 Å². The van der Waals surface area contributed by atoms with Gasteiger partial charge in [-0.2, -0.15) is 13.2 Å². The zero-order chi connectivity index (χ0) is 17.9. The maximum Gasteiger partial charge on any atom is 0.416 e. The third-order valence-corrected chi connectivity index (χ3v) is 3.64. The van der Waals surface area contributed by atoms with E-state index in [-0.39, 0.29) is 29.0 Å². The van der Waals surface area contributed by atoms with Crippen molar-refractivity contribution in [1.82, 2.24) is 0 Å². The summed E-state index contributed by atoms with van der Waals surface area (Å²) in [6.07, 6.45) is -4.49. The normalized spacial score (nSPS) is 12.7. The summed E-state index contributed by atoms with van der Waals surface area (Å²) >= 11 is 5.89. The highest BCUT2D eigenvalue weighted by molar-refractivity contribution is 6.30. The minimum Gasteiger partial charge on any atom is -0.402 e. The maximum atomic E-state index is 12.9. The van der Waals surface area contributed by atoms with E-state index >= 15 is 0 Å². The predicted octanol–water partition coefficient (Wildman–Crippen LogP) is 4.86. The summed E-state index contributed by atoms with van der Waals surface area (Å²) in [5.74, 6) is -0.364. The van der Waals surface area contributed by atoms with Crippen molar-refractivity contribution in [2.24, 2.45) is 5.73 Å². The molecule has 24 heavy (non-hydrogen) atoms. The molecule has 6 heteroatoms. The number of rotatable bonds is 4. The minimum absolute atomic E-state index is 0.000673. The van der Waals surface area contributed by atoms with Gasteiger partial charge in [-0.1, -0.05) is 35.9 Å². The maximum absolute atomic E-state index is 12.9. The molecule has 0 radical (unpaired) electrons. The highest BCUT2D eigenvalue weighted by atomic mass is 35.5. The van der Waals surface area contributed by atoms with Crippen molar-refractivity contribution in [2.45, 2.75) is 19.5 Å². The Balaban J connectivity index is 2.37. The lowest BCUT2D eigenvalue weighted by molar-refractivity contribution is -0.137. The summed E-state index contributed by atoms with van der Waals surface area (Å²) < 4.78 is 38.6. The Hall–Kier alpha value is -2.27. The van der Waals surface area contributed by atoms with Crippen molar-refractivity contribution >= 4 is 23.0 Å². The van der Waals surface area contributed by atoms with E-state index in [1.165, 1.54) is 19.1 Å². The van der Waals surface area contributed by atoms with E-state index in [1.807, 2.05) is 0 Å². The van der Waals surface area contributed by atoms with Gasteiger partial charge in [-0.25, -0.2) is 0 Å². The van der Waals surface area contributed by atoms with E-state index in [2.05, 4.69) is 0 Å². The number of alkyl halides is 3. The third kappa shape index (κ3) is 4.38. The van der Waals surface area contributed by atoms with Crippen molar-refractivity contribution in [3.05, 3.63) is 75.9 Å². The van der Waals surface area contributed by atoms with Gasteiger partial charge < -0.3 is 5.73 Å². The number of Topliss-reactive ketones (excluding diaryl/α,β-unsaturated/α-hetero) is 1. The van der Waals surface area contributed by atoms with Gasteiger partial charge in [0.05, 0.1) is 5.56 Å². The Morgan fingerprint density at radius 2 is 1.79 bits per heavy atom. The topological polar surface area (TPSA) is 43.1 Å². The first-order valence-electron chi connectivity index (χ1n) is 7.10. The average molecular weight is 354 g/mol. The lowest BCUT2D eigenvalue weighted by Crippen LogP contribution is -2.12. The Morgan fingerprint density at radius 1 is 1.12 bits per heavy atom. The summed E-state index contributed by atoms with van der Waals surface area (Å²) in [5.41, 5.74) is 6.01. The van der Waals surface area contributed by atoms with Crippen molar-refractivity contribution in [2.75, 3.05) is 0 Å². The quantitative estimate of drug-likeness (QED) is 0.798. The van der Waals surface area contributed by atoms with Crippen molar-refractivity contribution in [3.8, 4) is 0 Å². The molecular weight excluding hydrogens is 339 g/mol. The first-order valence-corrected chi connectivity index (χ1v) is 7.48. The Morgan fingerprint density at radius 3 is 2.38 bits per heavy atom. The van der Waals surface area contributed by atoms with Crippen LogP contribution in [0.2, 0.25) is 5.02 Å². The molecule has 0 atom stereocenters. The molecule has 0 amide bonds. The second-order valence-electron chi connectivity index (χ2n) is 5.37. The molecule has 0 aliphatic heterocycles. The van der Waals surface area contributed by atoms with Crippen LogP contribution in [-0.2, 0) is 17.4 Å². The number of hydrogen-bond donors (Lipinski definition) is 1. The average Bonchev–Trinajstić information content (AvgIpc) is 2.46. The van der Waals surface area contributed by atoms with Gasteiger partial charge in [-0.15, -0.1) is 0 Å². The lowest BCUT2D eigenvalue weighted by atomic mass is 9.94. The Kier molecular flexibility index (Phi) is 5.34. The molecule has 2 N–H and O–H groups in total. The van der Waals surface area contributed by atoms with E-state index in [4.69, 9.17) is 17.3 Å². The van der Waals surface area contributed by atoms with Gasteiger partial charge in [0, 0.05) is 22.7 Å². The Labute approximate surface area is 142 Å². The van der Waals surface area contributed by atoms with E-state index < -0.39 is 11.7 Å². The van der Waals surface area contributed by atoms with Gasteiger partial charge in [0.25, 0.3) is 0 Å². The molecule has 0 aliphatic carbocycles. The van der Waals surface area contributed by atoms with Crippen molar-refractivity contribution < 1.29 is 18.0 Å². The standard InChI is InChI=1S/C18H15ClF3NO/c1-11(23)17(13-5-3-6-14(10-13)18(20,21)22)16(24)9-12-4-2-7-15(19)8-12/h2-8,10H,9,23H2,1H3. The van der Waals surface area contributed by atoms with Crippen LogP contribution in [0.1, 0.15) is 23.6 Å². The molecule has 0 saturated carbocycles. The zero-order valence-electron chi connectivity index (χ0n) is 12.8. The van der Waals surface area contributed by atoms with Crippen LogP contribution in [0.25, 0.3) is 5.57 Å². The highest BCUT2D eigenvalue weighted by Crippen LogP contribution is 2.31. The number of carbonyl (C=O) groups is 1. The summed E-state index contributed by atoms with van der Waals surface area (Å²) in [6.45, 7) is 1.49. The second kappa shape index (κ2) is 7.09. The molecule has 0 spiro atoms. The van der Waals surface area contributed by atoms with Gasteiger partial charge >= 0.3 is 6.18 Å². The molecule has 0 bridgehead atoms. The van der Waals surface area contributed by atoms with Crippen LogP contribution in [0.5, 0.6) is 0 Å². The van der Waals surface area contributed by atoms with Crippen LogP contribution < -0.4 is 5.73 Å². The minimum atomic E-state index is -4.49. The molecule has 2 aromatic rings. The van der Waals surface area contributed by atoms with Gasteiger partial charge in [0.2, 0.25) is 0 Å². The molecular formula is C18H15ClF3NO. The smallest absolute Gasteiger partial charge is 0.402 e. The van der Waals surface area contributed by atoms with Crippen LogP contribution in [-0.4, -0.2) is 5.78 Å². The largest absolute Gasteiger partial charge is 0.416 e. The van der Waals surface area contributed by atoms with Crippen LogP contribution in [0, 0.1) is 0 Å². The molecule has 2 nitrogen and oxygen atoms in total. The van der Waals surface area contributed by atoms with Crippen molar-refractivity contribution in [3.63, 3.8) is 0 Å². The fourth-order valence-electron chi connectivity index (χ4n) is 2.38. The fraction of sp³-hybridized carbons (Fsp3) is 0.167. The molecule has 2 rings (SSSR count). The van der Waals surface area contributed by atoms with Crippen LogP contribution in [0.4, 0.5) is 13.2 Å². The van der Waals surface area contributed by atoms with Crippen LogP contribution in [0.15, 0.2) is 54.2 Å². The molecule has 126 valence electrons. The highest BCUT2D eigenvalue weighted by Gasteiger charge is 2.31. The summed E-state index contributed by atoms with van der Waals surface area (Å²) in [7, 11) is 0. The number of hydrogen-bond acceptors (Lipinski definition) is 2. The number of carbonyl (C=O) groups excluding carboxylic acids is 1. The van der Waals surface area contributed by atoms with Gasteiger partial charge in [0.15, 0.2) is 5.78 Å². The summed E-state index contributed by atoms with van der Waals surface area (Å²) in [6, 6.07) is 11.3. The van der Waals surface area contributed by atoms with Crippen molar-refractivity contribution in [1.29, 1.82) is 0 Å². The van der Waals surface area contributed by atoms with Gasteiger partial charge in [0.1, 0.15) is 0 Å². The zero-order valence-corrected chi connectivity index (χ0v) is 13.6. The molecule has 0 saturated heterocycles. The van der Waals surface area contributed by atoms with E-state index in [0.717, 1.165) is 12.1 Å². The van der Waals surface area contributed by atoms with E-state index in [9.17, 15) is 18.0 Å². The SMILES string of the molecule is CC(N)=C(C(=O)Cc1cccc(Cl)c1)c1cccc(C(F)(F)F)c1. The molecule has 0 aromatic heterocycles. The monoisotopic (exact) mass is 353 g/mol. The van der Waals surface area contributed by atoms with E-state index in [1.54, 1.807) is 24.3 Å². The first-order chi connectivity index (χ1) is 11.2. The predicted molar refractivity (Wildman–Crippen MR) is 88.4 cm³/mol. The van der Waals surface area contributed by atoms with Gasteiger partial charge in [-0.3, -0.25) is 4.79 Å². The number of ketones is 1. The number of benzene rings is 2. The number of halogens is 4. The van der Waals surface area contributed by atoms with E-state index in [0.29, 0.717) is 10.6 Å². The third-order valence-electron chi connectivity index (χ3n) is 3.41. The summed E-state index contributed by atoms with van der Waals surface area (Å²) in [4.78, 5) is 12.6. The molecule has 0 fully saturated rings. The first kappa shape index (κ1) is 18.1. The Bertz CT molecular complexity index is 793. The molecule has 0 heterocycles. The molecule has 2 aromatic carbocycles. The summed E-state index contributed by atoms with van der Waals surface area (Å²) in [5, 5.41) is 0.481. The second-order valence-corrected chi connectivity index (χ2v) is 5.80. The lowest BCUT2D eigenvalue weighted by Gasteiger charge is -2.13. The number of nitrogens with two attached hydrogens (primary N) is 1. The molecule has 0 aliphatic rings. The fourth-order valence-corrected chi connectivity index (χ4v) is 2.59. The number of allylic oxidation sites excluding steroid dienone is 2. The van der Waals surface area contributed by atoms with Crippen LogP contribution >= 0.6 is 11.6 Å². The molecule has 0 unspecified atom stereocenters.